The highest BCUT2D eigenvalue weighted by molar-refractivity contribution is 7.09. The van der Waals surface area contributed by atoms with Crippen molar-refractivity contribution in [3.05, 3.63) is 33.5 Å². The maximum atomic E-state index is 12.6. The summed E-state index contributed by atoms with van der Waals surface area (Å²) in [5.41, 5.74) is 3.06. The Bertz CT molecular complexity index is 676. The molecule has 0 bridgehead atoms. The van der Waals surface area contributed by atoms with Crippen LogP contribution in [0.5, 0.6) is 0 Å². The molecule has 0 saturated carbocycles. The monoisotopic (exact) mass is 332 g/mol. The molecule has 1 N–H and O–H groups in total. The number of nitrogens with zero attached hydrogens (tertiary/aromatic N) is 3. The number of nitrogens with one attached hydrogen (secondary N) is 1. The number of hydrogen-bond donors (Lipinski definition) is 1. The lowest BCUT2D eigenvalue weighted by Gasteiger charge is -2.32. The average molecular weight is 332 g/mol. The molecular formula is C17H24N4OS. The predicted molar refractivity (Wildman–Crippen MR) is 91.8 cm³/mol. The Morgan fingerprint density at radius 3 is 3.00 bits per heavy atom. The van der Waals surface area contributed by atoms with Gasteiger partial charge in [-0.05, 0) is 25.8 Å². The van der Waals surface area contributed by atoms with Crippen molar-refractivity contribution in [2.45, 2.75) is 51.9 Å². The van der Waals surface area contributed by atoms with Gasteiger partial charge in [-0.2, -0.15) is 5.10 Å². The van der Waals surface area contributed by atoms with Gasteiger partial charge in [0.15, 0.2) is 0 Å². The van der Waals surface area contributed by atoms with E-state index in [0.717, 1.165) is 48.0 Å². The number of aromatic nitrogens is 3. The molecule has 0 spiro atoms. The Kier molecular flexibility index (Phi) is 4.80. The first-order chi connectivity index (χ1) is 11.0. The maximum absolute atomic E-state index is 12.6. The van der Waals surface area contributed by atoms with Crippen LogP contribution in [0, 0.1) is 6.92 Å². The van der Waals surface area contributed by atoms with Crippen molar-refractivity contribution in [3.63, 3.8) is 0 Å². The fourth-order valence-corrected chi connectivity index (χ4v) is 3.86. The smallest absolute Gasteiger partial charge is 0.228 e. The number of aromatic amines is 1. The quantitative estimate of drug-likeness (QED) is 0.935. The van der Waals surface area contributed by atoms with Gasteiger partial charge in [-0.3, -0.25) is 9.89 Å². The number of amides is 1. The second kappa shape index (κ2) is 6.83. The summed E-state index contributed by atoms with van der Waals surface area (Å²) in [7, 11) is 0. The van der Waals surface area contributed by atoms with Crippen molar-refractivity contribution in [2.75, 3.05) is 13.1 Å². The fraction of sp³-hybridized carbons (Fsp3) is 0.588. The molecule has 3 rings (SSSR count). The van der Waals surface area contributed by atoms with Crippen LogP contribution in [-0.2, 0) is 11.2 Å². The maximum Gasteiger partial charge on any atom is 0.228 e. The van der Waals surface area contributed by atoms with Gasteiger partial charge in [-0.25, -0.2) is 4.98 Å². The second-order valence-electron chi connectivity index (χ2n) is 6.66. The topological polar surface area (TPSA) is 61.9 Å². The summed E-state index contributed by atoms with van der Waals surface area (Å²) < 4.78 is 0. The van der Waals surface area contributed by atoms with Gasteiger partial charge in [0.1, 0.15) is 0 Å². The summed E-state index contributed by atoms with van der Waals surface area (Å²) in [5.74, 6) is 0.952. The molecule has 124 valence electrons. The van der Waals surface area contributed by atoms with Crippen molar-refractivity contribution in [2.24, 2.45) is 0 Å². The van der Waals surface area contributed by atoms with E-state index in [1.165, 1.54) is 0 Å². The van der Waals surface area contributed by atoms with Gasteiger partial charge in [0.05, 0.1) is 22.8 Å². The Hall–Kier alpha value is -1.69. The van der Waals surface area contributed by atoms with E-state index >= 15 is 0 Å². The summed E-state index contributed by atoms with van der Waals surface area (Å²) in [5, 5.41) is 10.5. The lowest BCUT2D eigenvalue weighted by Crippen LogP contribution is -2.40. The number of hydrogen-bond acceptors (Lipinski definition) is 4. The molecule has 1 saturated heterocycles. The third-order valence-corrected chi connectivity index (χ3v) is 5.51. The van der Waals surface area contributed by atoms with Crippen LogP contribution < -0.4 is 0 Å². The Balaban J connectivity index is 1.62. The highest BCUT2D eigenvalue weighted by Crippen LogP contribution is 2.26. The van der Waals surface area contributed by atoms with Gasteiger partial charge in [0.25, 0.3) is 0 Å². The molecule has 0 aliphatic carbocycles. The van der Waals surface area contributed by atoms with E-state index in [4.69, 9.17) is 0 Å². The van der Waals surface area contributed by atoms with E-state index in [1.807, 2.05) is 17.2 Å². The summed E-state index contributed by atoms with van der Waals surface area (Å²) in [6, 6.07) is 2.09. The predicted octanol–water partition coefficient (Wildman–Crippen LogP) is 3.25. The highest BCUT2D eigenvalue weighted by Gasteiger charge is 2.26. The van der Waals surface area contributed by atoms with Gasteiger partial charge >= 0.3 is 0 Å². The van der Waals surface area contributed by atoms with E-state index in [9.17, 15) is 4.79 Å². The van der Waals surface area contributed by atoms with Crippen LogP contribution in [0.25, 0.3) is 0 Å². The summed E-state index contributed by atoms with van der Waals surface area (Å²) in [6.07, 6.45) is 2.55. The Morgan fingerprint density at radius 1 is 1.52 bits per heavy atom. The number of rotatable bonds is 4. The van der Waals surface area contributed by atoms with Crippen molar-refractivity contribution < 1.29 is 4.79 Å². The highest BCUT2D eigenvalue weighted by atomic mass is 32.1. The number of likely N-dealkylation sites (tertiary alicyclic amines) is 1. The van der Waals surface area contributed by atoms with Crippen LogP contribution in [-0.4, -0.2) is 39.1 Å². The summed E-state index contributed by atoms with van der Waals surface area (Å²) in [6.45, 7) is 7.89. The van der Waals surface area contributed by atoms with Crippen molar-refractivity contribution in [1.29, 1.82) is 0 Å². The zero-order valence-electron chi connectivity index (χ0n) is 14.0. The molecule has 0 radical (unpaired) electrons. The number of H-pyrrole nitrogens is 1. The molecule has 3 heterocycles. The van der Waals surface area contributed by atoms with Crippen molar-refractivity contribution in [3.8, 4) is 0 Å². The second-order valence-corrected chi connectivity index (χ2v) is 7.55. The molecule has 2 aromatic heterocycles. The molecule has 0 aromatic carbocycles. The first-order valence-electron chi connectivity index (χ1n) is 8.27. The molecule has 1 aliphatic heterocycles. The molecule has 1 amide bonds. The van der Waals surface area contributed by atoms with Crippen LogP contribution in [0.2, 0.25) is 0 Å². The average Bonchev–Trinajstić information content (AvgIpc) is 3.16. The molecule has 1 atom stereocenters. The number of carbonyl (C=O) groups excluding carboxylic acids is 1. The molecule has 5 nitrogen and oxygen atoms in total. The molecular weight excluding hydrogens is 308 g/mol. The minimum Gasteiger partial charge on any atom is -0.342 e. The van der Waals surface area contributed by atoms with Gasteiger partial charge in [0.2, 0.25) is 5.91 Å². The largest absolute Gasteiger partial charge is 0.342 e. The summed E-state index contributed by atoms with van der Waals surface area (Å²) >= 11 is 1.65. The molecule has 1 fully saturated rings. The van der Waals surface area contributed by atoms with Crippen molar-refractivity contribution in [1.82, 2.24) is 20.1 Å². The first-order valence-corrected chi connectivity index (χ1v) is 9.15. The molecule has 6 heteroatoms. The zero-order valence-corrected chi connectivity index (χ0v) is 14.8. The van der Waals surface area contributed by atoms with E-state index in [1.54, 1.807) is 11.3 Å². The van der Waals surface area contributed by atoms with E-state index in [-0.39, 0.29) is 5.91 Å². The van der Waals surface area contributed by atoms with Gasteiger partial charge < -0.3 is 4.90 Å². The third kappa shape index (κ3) is 3.80. The molecule has 2 aromatic rings. The van der Waals surface area contributed by atoms with Crippen LogP contribution in [0.1, 0.15) is 60.6 Å². The SMILES string of the molecule is Cc1cc(C2CCCN(C(=O)Cc3csc(C(C)C)n3)C2)n[nH]1. The normalized spacial score (nSPS) is 18.6. The van der Waals surface area contributed by atoms with Gasteiger partial charge in [-0.1, -0.05) is 13.8 Å². The number of carbonyl (C=O) groups is 1. The van der Waals surface area contributed by atoms with E-state index < -0.39 is 0 Å². The lowest BCUT2D eigenvalue weighted by atomic mass is 9.94. The zero-order chi connectivity index (χ0) is 16.4. The van der Waals surface area contributed by atoms with Crippen LogP contribution >= 0.6 is 11.3 Å². The lowest BCUT2D eigenvalue weighted by molar-refractivity contribution is -0.131. The van der Waals surface area contributed by atoms with Crippen LogP contribution in [0.15, 0.2) is 11.4 Å². The molecule has 23 heavy (non-hydrogen) atoms. The number of aryl methyl sites for hydroxylation is 1. The standard InChI is InChI=1S/C17H24N4OS/c1-11(2)17-18-14(10-23-17)8-16(22)21-6-4-5-13(9-21)15-7-12(3)19-20-15/h7,10-11,13H,4-6,8-9H2,1-3H3,(H,19,20). The van der Waals surface area contributed by atoms with E-state index in [2.05, 4.69) is 35.1 Å². The fourth-order valence-electron chi connectivity index (χ4n) is 3.03. The third-order valence-electron chi connectivity index (χ3n) is 4.31. The van der Waals surface area contributed by atoms with Crippen LogP contribution in [0.4, 0.5) is 0 Å². The van der Waals surface area contributed by atoms with Gasteiger partial charge in [-0.15, -0.1) is 11.3 Å². The first kappa shape index (κ1) is 16.2. The Morgan fingerprint density at radius 2 is 2.35 bits per heavy atom. The molecule has 1 unspecified atom stereocenters. The van der Waals surface area contributed by atoms with Crippen molar-refractivity contribution >= 4 is 17.2 Å². The number of thiazole rings is 1. The number of piperidine rings is 1. The molecule has 1 aliphatic rings. The minimum absolute atomic E-state index is 0.183. The van der Waals surface area contributed by atoms with Crippen LogP contribution in [0.3, 0.4) is 0 Å². The minimum atomic E-state index is 0.183. The van der Waals surface area contributed by atoms with Gasteiger partial charge in [0, 0.05) is 36.0 Å². The summed E-state index contributed by atoms with van der Waals surface area (Å²) in [4.78, 5) is 19.1. The van der Waals surface area contributed by atoms with E-state index in [0.29, 0.717) is 18.3 Å². The Labute approximate surface area is 141 Å².